The van der Waals surface area contributed by atoms with E-state index < -0.39 is 39.7 Å². The maximum absolute atomic E-state index is 13.1. The molecule has 2 heterocycles. The third-order valence-corrected chi connectivity index (χ3v) is 6.78. The number of benzene rings is 2. The number of nitrogens with zero attached hydrogens (tertiary/aromatic N) is 2. The normalized spacial score (nSPS) is 17.7. The first kappa shape index (κ1) is 27.1. The van der Waals surface area contributed by atoms with Crippen molar-refractivity contribution in [3.05, 3.63) is 81.0 Å². The largest absolute Gasteiger partial charge is 0.455 e. The number of hydrogen-bond donors (Lipinski definition) is 1. The lowest BCUT2D eigenvalue weighted by Gasteiger charge is -2.12. The molecule has 1 unspecified atom stereocenters. The number of hydrogen-bond acceptors (Lipinski definition) is 5. The standard InChI is InChI=1S/C23H13Cl2F6N3O2S/c24-16-5-2-12(22(26,27)28)9-14(16)18-6-3-13(36-18)10-32-34-21-33-20(35)19(37-21)8-11-1-4-17(25)15(7-11)23(29,30)31/h1-7,9-10,19H,8H2,(H,33,34,35)/b32-10+. The van der Waals surface area contributed by atoms with Crippen LogP contribution in [0.3, 0.4) is 0 Å². The minimum Gasteiger partial charge on any atom is -0.455 e. The maximum Gasteiger partial charge on any atom is 0.417 e. The molecule has 0 bridgehead atoms. The number of rotatable bonds is 5. The average Bonchev–Trinajstić information content (AvgIpc) is 3.40. The van der Waals surface area contributed by atoms with Gasteiger partial charge in [-0.3, -0.25) is 4.79 Å². The van der Waals surface area contributed by atoms with Crippen LogP contribution in [0, 0.1) is 0 Å². The van der Waals surface area contributed by atoms with E-state index in [0.29, 0.717) is 0 Å². The number of carbonyl (C=O) groups is 1. The summed E-state index contributed by atoms with van der Waals surface area (Å²) in [4.78, 5) is 12.2. The molecule has 0 radical (unpaired) electrons. The van der Waals surface area contributed by atoms with Crippen molar-refractivity contribution in [3.8, 4) is 11.3 Å². The van der Waals surface area contributed by atoms with Gasteiger partial charge in [-0.25, -0.2) is 0 Å². The summed E-state index contributed by atoms with van der Waals surface area (Å²) in [6.07, 6.45) is -8.01. The Morgan fingerprint density at radius 1 is 0.973 bits per heavy atom. The molecule has 1 aliphatic heterocycles. The van der Waals surface area contributed by atoms with Crippen LogP contribution >= 0.6 is 35.0 Å². The Labute approximate surface area is 219 Å². The summed E-state index contributed by atoms with van der Waals surface area (Å²) in [5, 5.41) is 9.14. The summed E-state index contributed by atoms with van der Waals surface area (Å²) < 4.78 is 83.7. The van der Waals surface area contributed by atoms with Crippen molar-refractivity contribution < 1.29 is 35.6 Å². The fourth-order valence-electron chi connectivity index (χ4n) is 3.31. The van der Waals surface area contributed by atoms with Crippen LogP contribution in [-0.2, 0) is 23.6 Å². The number of amidine groups is 1. The van der Waals surface area contributed by atoms with Crippen LogP contribution in [0.1, 0.15) is 22.5 Å². The summed E-state index contributed by atoms with van der Waals surface area (Å²) in [6.45, 7) is 0. The average molecular weight is 580 g/mol. The van der Waals surface area contributed by atoms with Crippen molar-refractivity contribution in [3.63, 3.8) is 0 Å². The highest BCUT2D eigenvalue weighted by molar-refractivity contribution is 8.15. The Morgan fingerprint density at radius 3 is 2.41 bits per heavy atom. The topological polar surface area (TPSA) is 67.0 Å². The maximum atomic E-state index is 13.1. The van der Waals surface area contributed by atoms with Gasteiger partial charge < -0.3 is 9.73 Å². The van der Waals surface area contributed by atoms with Gasteiger partial charge >= 0.3 is 12.4 Å². The molecule has 0 saturated carbocycles. The van der Waals surface area contributed by atoms with Gasteiger partial charge in [-0.1, -0.05) is 41.0 Å². The van der Waals surface area contributed by atoms with Crippen LogP contribution in [-0.4, -0.2) is 22.5 Å². The van der Waals surface area contributed by atoms with E-state index in [9.17, 15) is 31.1 Å². The molecule has 194 valence electrons. The highest BCUT2D eigenvalue weighted by atomic mass is 35.5. The van der Waals surface area contributed by atoms with E-state index in [-0.39, 0.29) is 39.3 Å². The quantitative estimate of drug-likeness (QED) is 0.194. The molecule has 5 nitrogen and oxygen atoms in total. The van der Waals surface area contributed by atoms with Crippen molar-refractivity contribution in [1.82, 2.24) is 5.32 Å². The molecule has 1 N–H and O–H groups in total. The van der Waals surface area contributed by atoms with Crippen molar-refractivity contribution >= 4 is 52.3 Å². The first-order valence-corrected chi connectivity index (χ1v) is 11.9. The van der Waals surface area contributed by atoms with E-state index in [1.165, 1.54) is 24.4 Å². The monoisotopic (exact) mass is 579 g/mol. The molecule has 4 rings (SSSR count). The molecule has 1 fully saturated rings. The third kappa shape index (κ3) is 6.49. The minimum absolute atomic E-state index is 0.00121. The molecule has 0 spiro atoms. The van der Waals surface area contributed by atoms with E-state index in [2.05, 4.69) is 15.5 Å². The van der Waals surface area contributed by atoms with E-state index in [1.807, 2.05) is 0 Å². The van der Waals surface area contributed by atoms with Gasteiger partial charge in [-0.05, 0) is 54.4 Å². The van der Waals surface area contributed by atoms with Gasteiger partial charge in [0.25, 0.3) is 0 Å². The SMILES string of the molecule is O=C1N/C(=N\N=C\c2ccc(-c3cc(C(F)(F)F)ccc3Cl)o2)SC1Cc1ccc(Cl)c(C(F)(F)F)c1. The number of nitrogens with one attached hydrogen (secondary N) is 1. The minimum atomic E-state index is -4.63. The fraction of sp³-hybridized carbons (Fsp3) is 0.174. The predicted octanol–water partition coefficient (Wildman–Crippen LogP) is 7.46. The molecule has 1 amide bonds. The third-order valence-electron chi connectivity index (χ3n) is 5.05. The molecular weight excluding hydrogens is 567 g/mol. The van der Waals surface area contributed by atoms with Crippen LogP contribution in [0.25, 0.3) is 11.3 Å². The Morgan fingerprint density at radius 2 is 1.70 bits per heavy atom. The number of alkyl halides is 6. The van der Waals surface area contributed by atoms with Gasteiger partial charge in [0.05, 0.1) is 32.6 Å². The number of furan rings is 1. The lowest BCUT2D eigenvalue weighted by Crippen LogP contribution is -2.26. The van der Waals surface area contributed by atoms with E-state index in [0.717, 1.165) is 42.1 Å². The van der Waals surface area contributed by atoms with Gasteiger partial charge in [-0.2, -0.15) is 31.4 Å². The lowest BCUT2D eigenvalue weighted by atomic mass is 10.1. The van der Waals surface area contributed by atoms with Crippen LogP contribution in [0.4, 0.5) is 26.3 Å². The van der Waals surface area contributed by atoms with Gasteiger partial charge in [0.15, 0.2) is 5.17 Å². The smallest absolute Gasteiger partial charge is 0.417 e. The lowest BCUT2D eigenvalue weighted by molar-refractivity contribution is -0.138. The van der Waals surface area contributed by atoms with Gasteiger partial charge in [0.2, 0.25) is 5.91 Å². The Bertz CT molecular complexity index is 1400. The summed E-state index contributed by atoms with van der Waals surface area (Å²) in [5.41, 5.74) is -1.57. The van der Waals surface area contributed by atoms with Crippen LogP contribution in [0.5, 0.6) is 0 Å². The van der Waals surface area contributed by atoms with Gasteiger partial charge in [-0.15, -0.1) is 5.10 Å². The zero-order valence-corrected chi connectivity index (χ0v) is 20.5. The Balaban J connectivity index is 1.43. The first-order chi connectivity index (χ1) is 17.3. The van der Waals surface area contributed by atoms with E-state index in [4.69, 9.17) is 27.6 Å². The van der Waals surface area contributed by atoms with Crippen molar-refractivity contribution in [1.29, 1.82) is 0 Å². The second-order valence-electron chi connectivity index (χ2n) is 7.66. The fourth-order valence-corrected chi connectivity index (χ4v) is 4.71. The molecule has 1 atom stereocenters. The van der Waals surface area contributed by atoms with Crippen LogP contribution < -0.4 is 5.32 Å². The van der Waals surface area contributed by atoms with Crippen molar-refractivity contribution in [2.24, 2.45) is 10.2 Å². The molecule has 1 aliphatic rings. The predicted molar refractivity (Wildman–Crippen MR) is 129 cm³/mol. The zero-order valence-electron chi connectivity index (χ0n) is 18.1. The van der Waals surface area contributed by atoms with Crippen molar-refractivity contribution in [2.45, 2.75) is 24.0 Å². The first-order valence-electron chi connectivity index (χ1n) is 10.2. The number of amides is 1. The molecule has 3 aromatic rings. The number of halogens is 8. The number of carbonyl (C=O) groups excluding carboxylic acids is 1. The van der Waals surface area contributed by atoms with E-state index in [1.54, 1.807) is 0 Å². The van der Waals surface area contributed by atoms with Crippen LogP contribution in [0.15, 0.2) is 63.2 Å². The molecule has 1 aromatic heterocycles. The van der Waals surface area contributed by atoms with Gasteiger partial charge in [0.1, 0.15) is 11.5 Å². The molecule has 14 heteroatoms. The second kappa shape index (κ2) is 10.4. The molecule has 37 heavy (non-hydrogen) atoms. The molecular formula is C23H13Cl2F6N3O2S. The summed E-state index contributed by atoms with van der Waals surface area (Å²) in [7, 11) is 0. The highest BCUT2D eigenvalue weighted by Crippen LogP contribution is 2.37. The summed E-state index contributed by atoms with van der Waals surface area (Å²) in [5.74, 6) is -0.225. The number of thioether (sulfide) groups is 1. The second-order valence-corrected chi connectivity index (χ2v) is 9.66. The Kier molecular flexibility index (Phi) is 7.63. The van der Waals surface area contributed by atoms with Crippen molar-refractivity contribution in [2.75, 3.05) is 0 Å². The van der Waals surface area contributed by atoms with Gasteiger partial charge in [0, 0.05) is 5.56 Å². The molecule has 1 saturated heterocycles. The zero-order chi connectivity index (χ0) is 27.0. The Hall–Kier alpha value is -2.96. The van der Waals surface area contributed by atoms with Crippen LogP contribution in [0.2, 0.25) is 10.0 Å². The van der Waals surface area contributed by atoms with E-state index >= 15 is 0 Å². The summed E-state index contributed by atoms with van der Waals surface area (Å²) in [6, 6.07) is 9.13. The summed E-state index contributed by atoms with van der Waals surface area (Å²) >= 11 is 12.6. The molecule has 0 aliphatic carbocycles. The highest BCUT2D eigenvalue weighted by Gasteiger charge is 2.35. The molecule has 2 aromatic carbocycles.